The van der Waals surface area contributed by atoms with E-state index < -0.39 is 0 Å². The second kappa shape index (κ2) is 3.69. The van der Waals surface area contributed by atoms with E-state index in [4.69, 9.17) is 4.74 Å². The summed E-state index contributed by atoms with van der Waals surface area (Å²) in [6, 6.07) is 0. The Kier molecular flexibility index (Phi) is 2.84. The third-order valence-electron chi connectivity index (χ3n) is 3.35. The Morgan fingerprint density at radius 2 is 1.86 bits per heavy atom. The van der Waals surface area contributed by atoms with Crippen molar-refractivity contribution in [2.24, 2.45) is 5.92 Å². The lowest BCUT2D eigenvalue weighted by atomic mass is 9.91. The summed E-state index contributed by atoms with van der Waals surface area (Å²) in [5.74, 6) is 3.29. The molecule has 0 radical (unpaired) electrons. The van der Waals surface area contributed by atoms with Crippen molar-refractivity contribution in [1.82, 2.24) is 5.32 Å². The molecule has 2 nitrogen and oxygen atoms in total. The van der Waals surface area contributed by atoms with Crippen molar-refractivity contribution in [1.29, 1.82) is 0 Å². The van der Waals surface area contributed by atoms with E-state index in [-0.39, 0.29) is 11.3 Å². The van der Waals surface area contributed by atoms with Gasteiger partial charge in [-0.1, -0.05) is 0 Å². The van der Waals surface area contributed by atoms with Crippen molar-refractivity contribution in [3.05, 3.63) is 0 Å². The predicted molar refractivity (Wildman–Crippen MR) is 61.6 cm³/mol. The van der Waals surface area contributed by atoms with Gasteiger partial charge in [-0.05, 0) is 45.1 Å². The van der Waals surface area contributed by atoms with Crippen LogP contribution in [0.3, 0.4) is 0 Å². The highest BCUT2D eigenvalue weighted by atomic mass is 32.2. The zero-order valence-electron chi connectivity index (χ0n) is 9.43. The van der Waals surface area contributed by atoms with Crippen LogP contribution in [0.1, 0.15) is 33.6 Å². The van der Waals surface area contributed by atoms with Gasteiger partial charge in [0.25, 0.3) is 0 Å². The second-order valence-electron chi connectivity index (χ2n) is 5.21. The normalized spacial score (nSPS) is 38.8. The van der Waals surface area contributed by atoms with E-state index in [1.165, 1.54) is 24.3 Å². The molecule has 0 spiro atoms. The van der Waals surface area contributed by atoms with Crippen LogP contribution < -0.4 is 5.32 Å². The summed E-state index contributed by atoms with van der Waals surface area (Å²) in [6.45, 7) is 7.54. The van der Waals surface area contributed by atoms with Crippen LogP contribution in [-0.4, -0.2) is 29.4 Å². The Bertz CT molecular complexity index is 213. The minimum atomic E-state index is -0.0650. The van der Waals surface area contributed by atoms with Gasteiger partial charge in [-0.25, -0.2) is 0 Å². The Morgan fingerprint density at radius 3 is 2.36 bits per heavy atom. The molecule has 0 amide bonds. The first kappa shape index (κ1) is 10.8. The number of hydrogen-bond acceptors (Lipinski definition) is 3. The molecule has 2 heterocycles. The highest BCUT2D eigenvalue weighted by molar-refractivity contribution is 7.99. The molecule has 0 aliphatic carbocycles. The van der Waals surface area contributed by atoms with Gasteiger partial charge in [-0.3, -0.25) is 5.32 Å². The summed E-state index contributed by atoms with van der Waals surface area (Å²) in [6.07, 6.45) is 2.59. The quantitative estimate of drug-likeness (QED) is 0.725. The van der Waals surface area contributed by atoms with Gasteiger partial charge < -0.3 is 4.74 Å². The first-order valence-electron chi connectivity index (χ1n) is 5.55. The van der Waals surface area contributed by atoms with E-state index in [9.17, 15) is 0 Å². The summed E-state index contributed by atoms with van der Waals surface area (Å²) >= 11 is 2.07. The van der Waals surface area contributed by atoms with Gasteiger partial charge in [-0.2, -0.15) is 11.8 Å². The van der Waals surface area contributed by atoms with Gasteiger partial charge in [0.1, 0.15) is 5.72 Å². The first-order chi connectivity index (χ1) is 6.52. The molecule has 1 unspecified atom stereocenters. The maximum atomic E-state index is 6.16. The summed E-state index contributed by atoms with van der Waals surface area (Å²) in [7, 11) is 0. The molecular weight excluding hydrogens is 194 g/mol. The van der Waals surface area contributed by atoms with Crippen molar-refractivity contribution in [3.8, 4) is 0 Å². The molecule has 2 aliphatic heterocycles. The molecule has 2 rings (SSSR count). The van der Waals surface area contributed by atoms with Crippen LogP contribution in [-0.2, 0) is 4.74 Å². The van der Waals surface area contributed by atoms with Gasteiger partial charge in [0.05, 0.1) is 5.60 Å². The largest absolute Gasteiger partial charge is 0.353 e. The fraction of sp³-hybridized carbons (Fsp3) is 1.00. The SMILES string of the molecule is CC1(C)CNC(C)(C2CCSCC2)O1. The van der Waals surface area contributed by atoms with E-state index in [0.29, 0.717) is 5.92 Å². The molecule has 1 N–H and O–H groups in total. The molecule has 3 heteroatoms. The number of thioether (sulfide) groups is 1. The molecule has 14 heavy (non-hydrogen) atoms. The van der Waals surface area contributed by atoms with Crippen LogP contribution >= 0.6 is 11.8 Å². The third kappa shape index (κ3) is 2.10. The van der Waals surface area contributed by atoms with Crippen molar-refractivity contribution in [3.63, 3.8) is 0 Å². The molecule has 0 aromatic carbocycles. The second-order valence-corrected chi connectivity index (χ2v) is 6.43. The van der Waals surface area contributed by atoms with Gasteiger partial charge in [-0.15, -0.1) is 0 Å². The van der Waals surface area contributed by atoms with Crippen LogP contribution in [0.2, 0.25) is 0 Å². The van der Waals surface area contributed by atoms with Crippen molar-refractivity contribution >= 4 is 11.8 Å². The Morgan fingerprint density at radius 1 is 1.21 bits per heavy atom. The maximum absolute atomic E-state index is 6.16. The van der Waals surface area contributed by atoms with E-state index >= 15 is 0 Å². The summed E-state index contributed by atoms with van der Waals surface area (Å²) in [5.41, 5.74) is -0.0518. The lowest BCUT2D eigenvalue weighted by molar-refractivity contribution is -0.114. The number of hydrogen-bond donors (Lipinski definition) is 1. The third-order valence-corrected chi connectivity index (χ3v) is 4.40. The molecule has 82 valence electrons. The molecule has 0 saturated carbocycles. The molecule has 0 aromatic rings. The van der Waals surface area contributed by atoms with Crippen molar-refractivity contribution < 1.29 is 4.74 Å². The van der Waals surface area contributed by atoms with Crippen LogP contribution in [0, 0.1) is 5.92 Å². The molecule has 2 fully saturated rings. The molecule has 1 atom stereocenters. The lowest BCUT2D eigenvalue weighted by Crippen LogP contribution is -2.46. The Balaban J connectivity index is 2.01. The van der Waals surface area contributed by atoms with E-state index in [2.05, 4.69) is 37.8 Å². The highest BCUT2D eigenvalue weighted by Crippen LogP contribution is 2.38. The number of ether oxygens (including phenoxy) is 1. The van der Waals surface area contributed by atoms with Crippen LogP contribution in [0.4, 0.5) is 0 Å². The van der Waals surface area contributed by atoms with E-state index in [1.807, 2.05) is 0 Å². The van der Waals surface area contributed by atoms with Gasteiger partial charge >= 0.3 is 0 Å². The monoisotopic (exact) mass is 215 g/mol. The standard InChI is InChI=1S/C11H21NOS/c1-10(2)8-12-11(3,13-10)9-4-6-14-7-5-9/h9,12H,4-8H2,1-3H3. The smallest absolute Gasteiger partial charge is 0.120 e. The Labute approximate surface area is 91.2 Å². The number of nitrogens with one attached hydrogen (secondary N) is 1. The van der Waals surface area contributed by atoms with Crippen LogP contribution in [0.5, 0.6) is 0 Å². The fourth-order valence-electron chi connectivity index (χ4n) is 2.51. The maximum Gasteiger partial charge on any atom is 0.120 e. The minimum Gasteiger partial charge on any atom is -0.353 e. The van der Waals surface area contributed by atoms with Gasteiger partial charge in [0.15, 0.2) is 0 Å². The van der Waals surface area contributed by atoms with E-state index in [1.54, 1.807) is 0 Å². The summed E-state index contributed by atoms with van der Waals surface area (Å²) in [4.78, 5) is 0. The topological polar surface area (TPSA) is 21.3 Å². The van der Waals surface area contributed by atoms with Crippen LogP contribution in [0.15, 0.2) is 0 Å². The number of rotatable bonds is 1. The molecule has 0 aromatic heterocycles. The van der Waals surface area contributed by atoms with E-state index in [0.717, 1.165) is 6.54 Å². The fourth-order valence-corrected chi connectivity index (χ4v) is 3.62. The Hall–Kier alpha value is 0.270. The minimum absolute atomic E-state index is 0.0132. The predicted octanol–water partition coefficient (Wildman–Crippen LogP) is 2.24. The zero-order chi connectivity index (χ0) is 10.2. The first-order valence-corrected chi connectivity index (χ1v) is 6.70. The zero-order valence-corrected chi connectivity index (χ0v) is 10.2. The lowest BCUT2D eigenvalue weighted by Gasteiger charge is -2.37. The summed E-state index contributed by atoms with van der Waals surface area (Å²) < 4.78 is 6.16. The molecule has 2 aliphatic rings. The molecule has 0 bridgehead atoms. The van der Waals surface area contributed by atoms with Crippen molar-refractivity contribution in [2.75, 3.05) is 18.1 Å². The average molecular weight is 215 g/mol. The van der Waals surface area contributed by atoms with Crippen LogP contribution in [0.25, 0.3) is 0 Å². The summed E-state index contributed by atoms with van der Waals surface area (Å²) in [5, 5.41) is 3.56. The molecular formula is C11H21NOS. The molecule has 2 saturated heterocycles. The van der Waals surface area contributed by atoms with Crippen molar-refractivity contribution in [2.45, 2.75) is 44.9 Å². The van der Waals surface area contributed by atoms with Gasteiger partial charge in [0.2, 0.25) is 0 Å². The van der Waals surface area contributed by atoms with Gasteiger partial charge in [0, 0.05) is 12.5 Å². The average Bonchev–Trinajstić information content (AvgIpc) is 2.44. The highest BCUT2D eigenvalue weighted by Gasteiger charge is 2.45.